The summed E-state index contributed by atoms with van der Waals surface area (Å²) >= 11 is 5.31. The molecular formula is C9H9ClFNO2. The van der Waals surface area contributed by atoms with Crippen LogP contribution in [0.15, 0.2) is 12.1 Å². The highest BCUT2D eigenvalue weighted by atomic mass is 35.5. The van der Waals surface area contributed by atoms with Crippen molar-refractivity contribution >= 4 is 23.1 Å². The van der Waals surface area contributed by atoms with Gasteiger partial charge in [0, 0.05) is 5.69 Å². The highest BCUT2D eigenvalue weighted by molar-refractivity contribution is 6.31. The van der Waals surface area contributed by atoms with Crippen LogP contribution in [0.5, 0.6) is 5.75 Å². The molecule has 0 atom stereocenters. The molecule has 14 heavy (non-hydrogen) atoms. The summed E-state index contributed by atoms with van der Waals surface area (Å²) in [7, 11) is 1.31. The van der Waals surface area contributed by atoms with Gasteiger partial charge in [0.15, 0.2) is 17.3 Å². The summed E-state index contributed by atoms with van der Waals surface area (Å²) in [6.45, 7) is 0. The first-order chi connectivity index (χ1) is 6.61. The van der Waals surface area contributed by atoms with Crippen LogP contribution in [-0.2, 0) is 0 Å². The van der Waals surface area contributed by atoms with Gasteiger partial charge in [0.05, 0.1) is 18.6 Å². The number of alkyl halides is 1. The zero-order chi connectivity index (χ0) is 10.7. The summed E-state index contributed by atoms with van der Waals surface area (Å²) < 4.78 is 18.2. The first-order valence-electron chi connectivity index (χ1n) is 3.83. The highest BCUT2D eigenvalue weighted by Gasteiger charge is 2.18. The van der Waals surface area contributed by atoms with Crippen molar-refractivity contribution in [3.8, 4) is 5.75 Å². The number of benzene rings is 1. The summed E-state index contributed by atoms with van der Waals surface area (Å²) in [6.07, 6.45) is 0. The minimum atomic E-state index is -0.766. The number of nitrogens with two attached hydrogens (primary N) is 1. The number of rotatable bonds is 3. The number of nitrogen functional groups attached to an aromatic ring is 1. The summed E-state index contributed by atoms with van der Waals surface area (Å²) in [5, 5.41) is 0. The molecule has 0 unspecified atom stereocenters. The Morgan fingerprint density at radius 1 is 1.64 bits per heavy atom. The fraction of sp³-hybridized carbons (Fsp3) is 0.222. The van der Waals surface area contributed by atoms with E-state index >= 15 is 0 Å². The van der Waals surface area contributed by atoms with E-state index in [1.165, 1.54) is 19.2 Å². The average molecular weight is 218 g/mol. The first-order valence-corrected chi connectivity index (χ1v) is 4.36. The average Bonchev–Trinajstić information content (AvgIpc) is 2.18. The molecule has 2 N–H and O–H groups in total. The maximum atomic E-state index is 13.5. The Morgan fingerprint density at radius 2 is 2.29 bits per heavy atom. The Bertz CT molecular complexity index is 368. The third-order valence-corrected chi connectivity index (χ3v) is 2.00. The monoisotopic (exact) mass is 217 g/mol. The smallest absolute Gasteiger partial charge is 0.182 e. The van der Waals surface area contributed by atoms with E-state index in [0.29, 0.717) is 0 Å². The molecule has 0 radical (unpaired) electrons. The normalized spacial score (nSPS) is 9.93. The molecule has 0 amide bonds. The lowest BCUT2D eigenvalue weighted by Crippen LogP contribution is -2.09. The van der Waals surface area contributed by atoms with Crippen LogP contribution in [0.2, 0.25) is 0 Å². The Hall–Kier alpha value is -1.29. The van der Waals surface area contributed by atoms with Crippen LogP contribution in [0.1, 0.15) is 10.4 Å². The van der Waals surface area contributed by atoms with Gasteiger partial charge in [-0.15, -0.1) is 11.6 Å². The van der Waals surface area contributed by atoms with Crippen molar-refractivity contribution < 1.29 is 13.9 Å². The topological polar surface area (TPSA) is 52.3 Å². The Kier molecular flexibility index (Phi) is 3.30. The fourth-order valence-corrected chi connectivity index (χ4v) is 1.21. The van der Waals surface area contributed by atoms with Gasteiger partial charge in [0.25, 0.3) is 0 Å². The number of methoxy groups -OCH3 is 1. The standard InChI is InChI=1S/C9H9ClFNO2/c1-14-7-3-2-5(12)8(9(7)11)6(13)4-10/h2-3H,4,12H2,1H3. The Balaban J connectivity index is 3.32. The molecule has 0 saturated carbocycles. The van der Waals surface area contributed by atoms with Crippen LogP contribution in [0, 0.1) is 5.82 Å². The molecule has 0 bridgehead atoms. The van der Waals surface area contributed by atoms with Gasteiger partial charge in [-0.3, -0.25) is 4.79 Å². The number of hydrogen-bond donors (Lipinski definition) is 1. The van der Waals surface area contributed by atoms with E-state index < -0.39 is 11.6 Å². The Morgan fingerprint density at radius 3 is 2.79 bits per heavy atom. The van der Waals surface area contributed by atoms with E-state index in [4.69, 9.17) is 22.1 Å². The minimum absolute atomic E-state index is 0.0207. The molecule has 5 heteroatoms. The molecule has 0 aliphatic heterocycles. The Labute approximate surface area is 85.6 Å². The number of anilines is 1. The highest BCUT2D eigenvalue weighted by Crippen LogP contribution is 2.25. The number of carbonyl (C=O) groups is 1. The molecule has 0 heterocycles. The molecule has 1 aromatic rings. The summed E-state index contributed by atoms with van der Waals surface area (Å²) in [6, 6.07) is 2.76. The second kappa shape index (κ2) is 4.28. The molecule has 0 aromatic heterocycles. The molecule has 1 aromatic carbocycles. The predicted molar refractivity (Wildman–Crippen MR) is 52.4 cm³/mol. The number of ketones is 1. The quantitative estimate of drug-likeness (QED) is 0.478. The third-order valence-electron chi connectivity index (χ3n) is 1.76. The molecule has 1 rings (SSSR count). The molecule has 3 nitrogen and oxygen atoms in total. The molecule has 76 valence electrons. The number of ether oxygens (including phenoxy) is 1. The summed E-state index contributed by atoms with van der Waals surface area (Å²) in [4.78, 5) is 11.2. The maximum absolute atomic E-state index is 13.5. The van der Waals surface area contributed by atoms with E-state index in [1.54, 1.807) is 0 Å². The number of Topliss-reactive ketones (excluding diaryl/α,β-unsaturated/α-hetero) is 1. The fourth-order valence-electron chi connectivity index (χ4n) is 1.08. The largest absolute Gasteiger partial charge is 0.494 e. The summed E-state index contributed by atoms with van der Waals surface area (Å²) in [5.74, 6) is -1.65. The van der Waals surface area contributed by atoms with Crippen molar-refractivity contribution in [3.63, 3.8) is 0 Å². The van der Waals surface area contributed by atoms with Gasteiger partial charge >= 0.3 is 0 Å². The summed E-state index contributed by atoms with van der Waals surface area (Å²) in [5.41, 5.74) is 5.30. The lowest BCUT2D eigenvalue weighted by Gasteiger charge is -2.07. The zero-order valence-corrected chi connectivity index (χ0v) is 8.27. The van der Waals surface area contributed by atoms with Crippen LogP contribution in [0.3, 0.4) is 0 Å². The van der Waals surface area contributed by atoms with Crippen LogP contribution in [0.4, 0.5) is 10.1 Å². The third kappa shape index (κ3) is 1.80. The second-order valence-corrected chi connectivity index (χ2v) is 2.87. The lowest BCUT2D eigenvalue weighted by molar-refractivity contribution is 0.101. The molecule has 0 fully saturated rings. The van der Waals surface area contributed by atoms with Crippen LogP contribution >= 0.6 is 11.6 Å². The van der Waals surface area contributed by atoms with Gasteiger partial charge in [-0.25, -0.2) is 4.39 Å². The van der Waals surface area contributed by atoms with Crippen molar-refractivity contribution in [1.29, 1.82) is 0 Å². The van der Waals surface area contributed by atoms with Gasteiger partial charge < -0.3 is 10.5 Å². The number of hydrogen-bond acceptors (Lipinski definition) is 3. The van der Waals surface area contributed by atoms with Crippen molar-refractivity contribution in [2.75, 3.05) is 18.7 Å². The van der Waals surface area contributed by atoms with Crippen molar-refractivity contribution in [3.05, 3.63) is 23.5 Å². The molecular weight excluding hydrogens is 209 g/mol. The van der Waals surface area contributed by atoms with Crippen molar-refractivity contribution in [1.82, 2.24) is 0 Å². The number of halogens is 2. The van der Waals surface area contributed by atoms with Gasteiger partial charge in [-0.05, 0) is 12.1 Å². The minimum Gasteiger partial charge on any atom is -0.494 e. The second-order valence-electron chi connectivity index (χ2n) is 2.60. The van der Waals surface area contributed by atoms with Crippen LogP contribution < -0.4 is 10.5 Å². The predicted octanol–water partition coefficient (Wildman–Crippen LogP) is 1.84. The van der Waals surface area contributed by atoms with E-state index in [1.807, 2.05) is 0 Å². The number of carbonyl (C=O) groups excluding carboxylic acids is 1. The molecule has 0 spiro atoms. The van der Waals surface area contributed by atoms with Gasteiger partial charge in [-0.2, -0.15) is 0 Å². The SMILES string of the molecule is COc1ccc(N)c(C(=O)CCl)c1F. The van der Waals surface area contributed by atoms with E-state index in [-0.39, 0.29) is 22.9 Å². The molecule has 0 aliphatic carbocycles. The zero-order valence-electron chi connectivity index (χ0n) is 7.51. The lowest BCUT2D eigenvalue weighted by atomic mass is 10.1. The van der Waals surface area contributed by atoms with Crippen LogP contribution in [0.25, 0.3) is 0 Å². The van der Waals surface area contributed by atoms with E-state index in [2.05, 4.69) is 0 Å². The van der Waals surface area contributed by atoms with Crippen molar-refractivity contribution in [2.45, 2.75) is 0 Å². The van der Waals surface area contributed by atoms with Crippen LogP contribution in [-0.4, -0.2) is 18.8 Å². The molecule has 0 saturated heterocycles. The van der Waals surface area contributed by atoms with E-state index in [9.17, 15) is 9.18 Å². The van der Waals surface area contributed by atoms with Gasteiger partial charge in [-0.1, -0.05) is 0 Å². The van der Waals surface area contributed by atoms with E-state index in [0.717, 1.165) is 0 Å². The van der Waals surface area contributed by atoms with Crippen molar-refractivity contribution in [2.24, 2.45) is 0 Å². The maximum Gasteiger partial charge on any atom is 0.182 e. The van der Waals surface area contributed by atoms with Gasteiger partial charge in [0.1, 0.15) is 0 Å². The molecule has 0 aliphatic rings. The first kappa shape index (κ1) is 10.8. The van der Waals surface area contributed by atoms with Gasteiger partial charge in [0.2, 0.25) is 0 Å².